The smallest absolute Gasteiger partial charge is 0.315 e. The molecule has 1 aliphatic heterocycles. The van der Waals surface area contributed by atoms with Crippen molar-refractivity contribution in [2.24, 2.45) is 0 Å². The van der Waals surface area contributed by atoms with Crippen LogP contribution in [0.25, 0.3) is 11.1 Å². The molecule has 0 atom stereocenters. The molecule has 2 heterocycles. The summed E-state index contributed by atoms with van der Waals surface area (Å²) in [7, 11) is 0. The summed E-state index contributed by atoms with van der Waals surface area (Å²) < 4.78 is 5.58. The van der Waals surface area contributed by atoms with Gasteiger partial charge in [0.25, 0.3) is 0 Å². The first-order valence-electron chi connectivity index (χ1n) is 7.15. The Morgan fingerprint density at radius 1 is 1.19 bits per heavy atom. The Labute approximate surface area is 122 Å². The van der Waals surface area contributed by atoms with Crippen LogP contribution in [0, 0.1) is 0 Å². The van der Waals surface area contributed by atoms with Gasteiger partial charge in [-0.15, -0.1) is 0 Å². The first-order valence-corrected chi connectivity index (χ1v) is 7.15. The number of benzene rings is 1. The molecule has 0 unspecified atom stereocenters. The van der Waals surface area contributed by atoms with Crippen molar-refractivity contribution in [3.05, 3.63) is 47.8 Å². The van der Waals surface area contributed by atoms with Crippen LogP contribution < -0.4 is 4.74 Å². The van der Waals surface area contributed by atoms with Gasteiger partial charge in [0, 0.05) is 18.2 Å². The molecule has 21 heavy (non-hydrogen) atoms. The van der Waals surface area contributed by atoms with Crippen LogP contribution >= 0.6 is 0 Å². The van der Waals surface area contributed by atoms with Crippen LogP contribution in [-0.2, 0) is 16.6 Å². The average Bonchev–Trinajstić information content (AvgIpc) is 3.19. The number of hydrogen-bond donors (Lipinski definition) is 1. The lowest BCUT2D eigenvalue weighted by Crippen LogP contribution is -2.20. The van der Waals surface area contributed by atoms with Crippen molar-refractivity contribution < 1.29 is 14.6 Å². The number of pyridine rings is 1. The Bertz CT molecular complexity index is 717. The van der Waals surface area contributed by atoms with Gasteiger partial charge >= 0.3 is 5.97 Å². The summed E-state index contributed by atoms with van der Waals surface area (Å²) in [4.78, 5) is 15.7. The summed E-state index contributed by atoms with van der Waals surface area (Å²) in [6, 6.07) is 9.97. The van der Waals surface area contributed by atoms with E-state index < -0.39 is 11.4 Å². The summed E-state index contributed by atoms with van der Waals surface area (Å²) >= 11 is 0. The zero-order valence-electron chi connectivity index (χ0n) is 11.5. The van der Waals surface area contributed by atoms with Gasteiger partial charge in [-0.25, -0.2) is 0 Å². The lowest BCUT2D eigenvalue weighted by Gasteiger charge is -2.10. The third kappa shape index (κ3) is 1.90. The number of carboxylic acids is 1. The Morgan fingerprint density at radius 2 is 2.00 bits per heavy atom. The zero-order valence-corrected chi connectivity index (χ0v) is 11.5. The van der Waals surface area contributed by atoms with E-state index in [1.165, 1.54) is 5.56 Å². The van der Waals surface area contributed by atoms with Gasteiger partial charge in [-0.2, -0.15) is 0 Å². The standard InChI is InChI=1S/C17H15NO3/c19-16(20)17(6-7-17)15-4-3-13(10-18-15)12-2-1-11-5-8-21-14(11)9-12/h1-4,9-10H,5-8H2,(H,19,20). The van der Waals surface area contributed by atoms with Crippen molar-refractivity contribution in [3.8, 4) is 16.9 Å². The maximum Gasteiger partial charge on any atom is 0.315 e. The highest BCUT2D eigenvalue weighted by Crippen LogP contribution is 2.47. The van der Waals surface area contributed by atoms with E-state index in [4.69, 9.17) is 4.74 Å². The van der Waals surface area contributed by atoms with Crippen LogP contribution in [0.15, 0.2) is 36.5 Å². The van der Waals surface area contributed by atoms with E-state index >= 15 is 0 Å². The highest BCUT2D eigenvalue weighted by atomic mass is 16.5. The molecular weight excluding hydrogens is 266 g/mol. The van der Waals surface area contributed by atoms with Gasteiger partial charge in [-0.05, 0) is 36.1 Å². The number of carboxylic acid groups (broad SMARTS) is 1. The molecule has 1 aliphatic carbocycles. The maximum absolute atomic E-state index is 11.3. The number of aliphatic carboxylic acids is 1. The lowest BCUT2D eigenvalue weighted by molar-refractivity contribution is -0.140. The van der Waals surface area contributed by atoms with Gasteiger partial charge in [0.2, 0.25) is 0 Å². The van der Waals surface area contributed by atoms with Gasteiger partial charge in [-0.3, -0.25) is 9.78 Å². The fraction of sp³-hybridized carbons (Fsp3) is 0.294. The molecule has 0 bridgehead atoms. The van der Waals surface area contributed by atoms with E-state index in [0.29, 0.717) is 18.5 Å². The van der Waals surface area contributed by atoms with Crippen molar-refractivity contribution in [2.45, 2.75) is 24.7 Å². The number of ether oxygens (including phenoxy) is 1. The van der Waals surface area contributed by atoms with Crippen LogP contribution in [-0.4, -0.2) is 22.7 Å². The maximum atomic E-state index is 11.3. The summed E-state index contributed by atoms with van der Waals surface area (Å²) in [6.45, 7) is 0.747. The molecule has 1 saturated carbocycles. The number of nitrogens with zero attached hydrogens (tertiary/aromatic N) is 1. The molecule has 4 rings (SSSR count). The summed E-state index contributed by atoms with van der Waals surface area (Å²) in [5.41, 5.74) is 3.20. The Hall–Kier alpha value is -2.36. The van der Waals surface area contributed by atoms with Gasteiger partial charge < -0.3 is 9.84 Å². The van der Waals surface area contributed by atoms with E-state index in [-0.39, 0.29) is 0 Å². The minimum Gasteiger partial charge on any atom is -0.493 e. The summed E-state index contributed by atoms with van der Waals surface area (Å²) in [5.74, 6) is 0.175. The number of aromatic nitrogens is 1. The minimum absolute atomic E-state index is 0.663. The molecule has 1 aromatic heterocycles. The Morgan fingerprint density at radius 3 is 2.67 bits per heavy atom. The van der Waals surface area contributed by atoms with Crippen molar-refractivity contribution in [1.82, 2.24) is 4.98 Å². The SMILES string of the molecule is O=C(O)C1(c2ccc(-c3ccc4c(c3)OCC4)cn2)CC1. The lowest BCUT2D eigenvalue weighted by atomic mass is 9.99. The molecule has 0 spiro atoms. The predicted octanol–water partition coefficient (Wildman–Crippen LogP) is 2.80. The van der Waals surface area contributed by atoms with Crippen LogP contribution in [0.1, 0.15) is 24.1 Å². The first-order chi connectivity index (χ1) is 10.2. The summed E-state index contributed by atoms with van der Waals surface area (Å²) in [6.07, 6.45) is 4.09. The Kier molecular flexibility index (Phi) is 2.55. The van der Waals surface area contributed by atoms with Gasteiger partial charge in [-0.1, -0.05) is 18.2 Å². The Balaban J connectivity index is 1.66. The average molecular weight is 281 g/mol. The normalized spacial score (nSPS) is 17.9. The van der Waals surface area contributed by atoms with Crippen LogP contribution in [0.5, 0.6) is 5.75 Å². The van der Waals surface area contributed by atoms with Gasteiger partial charge in [0.05, 0.1) is 12.3 Å². The monoisotopic (exact) mass is 281 g/mol. The second-order valence-corrected chi connectivity index (χ2v) is 5.74. The first kappa shape index (κ1) is 12.4. The van der Waals surface area contributed by atoms with E-state index in [2.05, 4.69) is 17.1 Å². The van der Waals surface area contributed by atoms with E-state index in [9.17, 15) is 9.90 Å². The molecule has 0 radical (unpaired) electrons. The number of hydrogen-bond acceptors (Lipinski definition) is 3. The number of carbonyl (C=O) groups is 1. The van der Waals surface area contributed by atoms with Crippen molar-refractivity contribution >= 4 is 5.97 Å². The fourth-order valence-corrected chi connectivity index (χ4v) is 2.90. The summed E-state index contributed by atoms with van der Waals surface area (Å²) in [5, 5.41) is 9.29. The molecule has 4 heteroatoms. The molecule has 0 saturated heterocycles. The molecule has 2 aliphatic rings. The van der Waals surface area contributed by atoms with Crippen LogP contribution in [0.2, 0.25) is 0 Å². The largest absolute Gasteiger partial charge is 0.493 e. The van der Waals surface area contributed by atoms with E-state index in [1.807, 2.05) is 18.2 Å². The number of fused-ring (bicyclic) bond motifs is 1. The van der Waals surface area contributed by atoms with Crippen molar-refractivity contribution in [2.75, 3.05) is 6.61 Å². The topological polar surface area (TPSA) is 59.4 Å². The molecule has 1 aromatic carbocycles. The zero-order chi connectivity index (χ0) is 14.4. The fourth-order valence-electron chi connectivity index (χ4n) is 2.90. The van der Waals surface area contributed by atoms with Crippen LogP contribution in [0.3, 0.4) is 0 Å². The molecule has 2 aromatic rings. The highest BCUT2D eigenvalue weighted by molar-refractivity contribution is 5.84. The van der Waals surface area contributed by atoms with Gasteiger partial charge in [0.15, 0.2) is 0 Å². The third-order valence-electron chi connectivity index (χ3n) is 4.44. The van der Waals surface area contributed by atoms with Gasteiger partial charge in [0.1, 0.15) is 11.2 Å². The molecule has 1 fully saturated rings. The quantitative estimate of drug-likeness (QED) is 0.939. The third-order valence-corrected chi connectivity index (χ3v) is 4.44. The second-order valence-electron chi connectivity index (χ2n) is 5.74. The predicted molar refractivity (Wildman–Crippen MR) is 77.4 cm³/mol. The van der Waals surface area contributed by atoms with E-state index in [1.54, 1.807) is 6.20 Å². The van der Waals surface area contributed by atoms with Crippen molar-refractivity contribution in [1.29, 1.82) is 0 Å². The molecular formula is C17H15NO3. The molecule has 0 amide bonds. The van der Waals surface area contributed by atoms with Crippen molar-refractivity contribution in [3.63, 3.8) is 0 Å². The number of rotatable bonds is 3. The molecule has 106 valence electrons. The van der Waals surface area contributed by atoms with E-state index in [0.717, 1.165) is 29.9 Å². The molecule has 4 nitrogen and oxygen atoms in total. The molecule has 1 N–H and O–H groups in total. The second kappa shape index (κ2) is 4.32. The minimum atomic E-state index is -0.770. The van der Waals surface area contributed by atoms with Crippen LogP contribution in [0.4, 0.5) is 0 Å². The highest BCUT2D eigenvalue weighted by Gasteiger charge is 2.53.